The largest absolute Gasteiger partial charge is 0.493 e. The molecule has 3 N–H and O–H groups in total. The molecule has 0 heterocycles. The minimum absolute atomic E-state index is 0.168. The lowest BCUT2D eigenvalue weighted by Crippen LogP contribution is -2.45. The van der Waals surface area contributed by atoms with Gasteiger partial charge in [0.25, 0.3) is 0 Å². The number of hydrogen-bond donors (Lipinski definition) is 3. The van der Waals surface area contributed by atoms with Gasteiger partial charge in [0.05, 0.1) is 20.3 Å². The second kappa shape index (κ2) is 8.20. The van der Waals surface area contributed by atoms with Gasteiger partial charge in [-0.1, -0.05) is 6.07 Å². The molecular formula is C14H23NO6S2. The molecule has 1 aromatic rings. The predicted molar refractivity (Wildman–Crippen MR) is 90.6 cm³/mol. The van der Waals surface area contributed by atoms with E-state index in [0.29, 0.717) is 34.4 Å². The number of aliphatic hydroxyl groups excluding tert-OH is 1. The van der Waals surface area contributed by atoms with Gasteiger partial charge < -0.3 is 19.9 Å². The summed E-state index contributed by atoms with van der Waals surface area (Å²) < 4.78 is 40.4. The molecule has 0 saturated carbocycles. The zero-order valence-corrected chi connectivity index (χ0v) is 15.2. The van der Waals surface area contributed by atoms with Gasteiger partial charge in [-0.2, -0.15) is 8.42 Å². The number of benzene rings is 1. The number of ether oxygens (including phenoxy) is 2. The van der Waals surface area contributed by atoms with Crippen molar-refractivity contribution in [1.29, 1.82) is 0 Å². The van der Waals surface area contributed by atoms with Crippen LogP contribution in [0.15, 0.2) is 18.2 Å². The van der Waals surface area contributed by atoms with Crippen LogP contribution in [-0.4, -0.2) is 50.1 Å². The summed E-state index contributed by atoms with van der Waals surface area (Å²) in [6, 6.07) is 5.14. The minimum atomic E-state index is -4.05. The summed E-state index contributed by atoms with van der Waals surface area (Å²) in [6.45, 7) is 3.90. The molecule has 1 rings (SSSR count). The first-order chi connectivity index (χ1) is 10.6. The third-order valence-electron chi connectivity index (χ3n) is 3.32. The summed E-state index contributed by atoms with van der Waals surface area (Å²) in [4.78, 5) is 0. The quantitative estimate of drug-likeness (QED) is 0.345. The highest BCUT2D eigenvalue weighted by Gasteiger charge is 2.29. The van der Waals surface area contributed by atoms with Crippen LogP contribution in [0.25, 0.3) is 0 Å². The lowest BCUT2D eigenvalue weighted by Gasteiger charge is -2.32. The average Bonchev–Trinajstić information content (AvgIpc) is 2.49. The number of methoxy groups -OCH3 is 2. The van der Waals surface area contributed by atoms with E-state index in [1.54, 1.807) is 32.0 Å². The number of hydrogen-bond acceptors (Lipinski definition) is 7. The predicted octanol–water partition coefficient (Wildman–Crippen LogP) is 1.64. The van der Waals surface area contributed by atoms with Gasteiger partial charge in [0.15, 0.2) is 11.5 Å². The van der Waals surface area contributed by atoms with Crippen molar-refractivity contribution < 1.29 is 27.6 Å². The molecule has 0 aromatic heterocycles. The Bertz CT molecular complexity index is 618. The van der Waals surface area contributed by atoms with E-state index in [-0.39, 0.29) is 5.75 Å². The first-order valence-corrected chi connectivity index (χ1v) is 9.82. The Hall–Kier alpha value is -1.00. The number of aliphatic hydroxyl groups is 1. The molecule has 0 saturated heterocycles. The lowest BCUT2D eigenvalue weighted by molar-refractivity contribution is 0.0815. The van der Waals surface area contributed by atoms with E-state index in [1.165, 1.54) is 14.2 Å². The maximum Gasteiger partial charge on any atom is 0.319 e. The topological polar surface area (TPSA) is 105 Å². The van der Waals surface area contributed by atoms with Gasteiger partial charge in [-0.3, -0.25) is 4.55 Å². The normalized spacial score (nSPS) is 13.7. The van der Waals surface area contributed by atoms with Crippen LogP contribution in [0.3, 0.4) is 0 Å². The zero-order chi connectivity index (χ0) is 17.7. The molecule has 0 aliphatic heterocycles. The lowest BCUT2D eigenvalue weighted by atomic mass is 9.91. The van der Waals surface area contributed by atoms with Gasteiger partial charge in [-0.05, 0) is 42.3 Å². The van der Waals surface area contributed by atoms with Crippen molar-refractivity contribution in [2.24, 2.45) is 0 Å². The van der Waals surface area contributed by atoms with Crippen LogP contribution >= 0.6 is 10.8 Å². The summed E-state index contributed by atoms with van der Waals surface area (Å²) in [5.41, 5.74) is -0.0677. The van der Waals surface area contributed by atoms with Crippen LogP contribution in [0.1, 0.15) is 25.5 Å². The van der Waals surface area contributed by atoms with Gasteiger partial charge in [0.2, 0.25) is 0 Å². The Kier molecular flexibility index (Phi) is 7.15. The van der Waals surface area contributed by atoms with E-state index < -0.39 is 20.8 Å². The van der Waals surface area contributed by atoms with E-state index in [0.717, 1.165) is 0 Å². The maximum absolute atomic E-state index is 10.7. The van der Waals surface area contributed by atoms with E-state index in [9.17, 15) is 13.5 Å². The summed E-state index contributed by atoms with van der Waals surface area (Å²) in [6.07, 6.45) is -0.849. The fourth-order valence-electron chi connectivity index (χ4n) is 2.06. The van der Waals surface area contributed by atoms with Crippen LogP contribution in [0.5, 0.6) is 11.5 Å². The van der Waals surface area contributed by atoms with E-state index in [1.807, 2.05) is 0 Å². The Morgan fingerprint density at radius 1 is 1.26 bits per heavy atom. The van der Waals surface area contributed by atoms with Crippen LogP contribution in [0.2, 0.25) is 0 Å². The first-order valence-electron chi connectivity index (χ1n) is 6.87. The smallest absolute Gasteiger partial charge is 0.319 e. The molecule has 1 unspecified atom stereocenters. The van der Waals surface area contributed by atoms with Crippen molar-refractivity contribution in [2.75, 3.05) is 26.5 Å². The molecule has 0 radical (unpaired) electrons. The third-order valence-corrected chi connectivity index (χ3v) is 5.38. The second-order valence-electron chi connectivity index (χ2n) is 5.42. The SMILES string of the molecule is COc1ccc(C(O)C(C)(C)NCCSS(=O)(=O)O)cc1OC. The first kappa shape index (κ1) is 20.0. The zero-order valence-electron chi connectivity index (χ0n) is 13.6. The Morgan fingerprint density at radius 3 is 2.39 bits per heavy atom. The molecule has 1 atom stereocenters. The molecule has 23 heavy (non-hydrogen) atoms. The Labute approximate surface area is 140 Å². The summed E-state index contributed by atoms with van der Waals surface area (Å²) in [7, 11) is -0.555. The number of rotatable bonds is 9. The molecule has 0 amide bonds. The fraction of sp³-hybridized carbons (Fsp3) is 0.571. The fourth-order valence-corrected chi connectivity index (χ4v) is 3.33. The van der Waals surface area contributed by atoms with E-state index in [4.69, 9.17) is 14.0 Å². The monoisotopic (exact) mass is 365 g/mol. The third kappa shape index (κ3) is 6.19. The maximum atomic E-state index is 10.7. The van der Waals surface area contributed by atoms with Gasteiger partial charge in [-0.15, -0.1) is 0 Å². The highest BCUT2D eigenvalue weighted by atomic mass is 33.1. The molecule has 132 valence electrons. The Morgan fingerprint density at radius 2 is 1.87 bits per heavy atom. The van der Waals surface area contributed by atoms with Crippen molar-refractivity contribution in [1.82, 2.24) is 5.32 Å². The van der Waals surface area contributed by atoms with Gasteiger partial charge >= 0.3 is 9.15 Å². The molecular weight excluding hydrogens is 342 g/mol. The molecule has 0 fully saturated rings. The molecule has 9 heteroatoms. The van der Waals surface area contributed by atoms with E-state index >= 15 is 0 Å². The van der Waals surface area contributed by atoms with Crippen molar-refractivity contribution in [3.05, 3.63) is 23.8 Å². The van der Waals surface area contributed by atoms with Crippen LogP contribution in [-0.2, 0) is 9.15 Å². The van der Waals surface area contributed by atoms with Crippen LogP contribution < -0.4 is 14.8 Å². The molecule has 0 aliphatic rings. The van der Waals surface area contributed by atoms with Crippen LogP contribution in [0, 0.1) is 0 Å². The number of nitrogens with one attached hydrogen (secondary N) is 1. The standard InChI is InChI=1S/C14H23NO6S2/c1-14(2,15-7-8-22-23(17,18)19)13(16)10-5-6-11(20-3)12(9-10)21-4/h5-6,9,13,15-16H,7-8H2,1-4H3,(H,17,18,19). The van der Waals surface area contributed by atoms with Gasteiger partial charge in [0.1, 0.15) is 0 Å². The van der Waals surface area contributed by atoms with Crippen molar-refractivity contribution >= 4 is 19.9 Å². The molecule has 0 spiro atoms. The summed E-state index contributed by atoms with van der Waals surface area (Å²) >= 11 is 0. The summed E-state index contributed by atoms with van der Waals surface area (Å²) in [5.74, 6) is 1.25. The van der Waals surface area contributed by atoms with Crippen LogP contribution in [0.4, 0.5) is 0 Å². The van der Waals surface area contributed by atoms with Crippen molar-refractivity contribution in [3.63, 3.8) is 0 Å². The van der Waals surface area contributed by atoms with Crippen molar-refractivity contribution in [2.45, 2.75) is 25.5 Å². The second-order valence-corrected chi connectivity index (χ2v) is 8.89. The van der Waals surface area contributed by atoms with Gasteiger partial charge in [0, 0.05) is 17.8 Å². The molecule has 0 bridgehead atoms. The van der Waals surface area contributed by atoms with Crippen molar-refractivity contribution in [3.8, 4) is 11.5 Å². The molecule has 7 nitrogen and oxygen atoms in total. The average molecular weight is 365 g/mol. The van der Waals surface area contributed by atoms with Gasteiger partial charge in [-0.25, -0.2) is 0 Å². The highest BCUT2D eigenvalue weighted by Crippen LogP contribution is 2.33. The minimum Gasteiger partial charge on any atom is -0.493 e. The molecule has 0 aliphatic carbocycles. The molecule has 1 aromatic carbocycles. The highest BCUT2D eigenvalue weighted by molar-refractivity contribution is 8.69. The Balaban J connectivity index is 2.75. The summed E-state index contributed by atoms with van der Waals surface area (Å²) in [5, 5.41) is 13.6. The van der Waals surface area contributed by atoms with E-state index in [2.05, 4.69) is 5.32 Å².